The van der Waals surface area contributed by atoms with E-state index in [1.54, 1.807) is 47.5 Å². The number of hydrogen-bond donors (Lipinski definition) is 1. The van der Waals surface area contributed by atoms with Crippen LogP contribution in [0.3, 0.4) is 0 Å². The first-order valence-electron chi connectivity index (χ1n) is 10.7. The summed E-state index contributed by atoms with van der Waals surface area (Å²) in [5.41, 5.74) is 2.66. The van der Waals surface area contributed by atoms with E-state index in [9.17, 15) is 14.0 Å². The van der Waals surface area contributed by atoms with Gasteiger partial charge in [0.2, 0.25) is 0 Å². The summed E-state index contributed by atoms with van der Waals surface area (Å²) < 4.78 is 14.5. The number of carbonyl (C=O) groups is 2. The van der Waals surface area contributed by atoms with E-state index in [1.165, 1.54) is 17.8 Å². The minimum absolute atomic E-state index is 0.0480. The number of pyridine rings is 1. The lowest BCUT2D eigenvalue weighted by molar-refractivity contribution is 0.0947. The Kier molecular flexibility index (Phi) is 6.10. The van der Waals surface area contributed by atoms with Gasteiger partial charge in [-0.1, -0.05) is 48.2 Å². The number of carbonyl (C=O) groups excluding carboxylic acids is 2. The fourth-order valence-corrected chi connectivity index (χ4v) is 4.85. The smallest absolute Gasteiger partial charge is 0.259 e. The quantitative estimate of drug-likeness (QED) is 0.422. The molecule has 0 fully saturated rings. The van der Waals surface area contributed by atoms with E-state index in [0.717, 1.165) is 15.5 Å². The van der Waals surface area contributed by atoms with Gasteiger partial charge in [0.05, 0.1) is 30.0 Å². The molecule has 34 heavy (non-hydrogen) atoms. The van der Waals surface area contributed by atoms with Crippen molar-refractivity contribution in [3.05, 3.63) is 119 Å². The summed E-state index contributed by atoms with van der Waals surface area (Å²) >= 11 is 1.46. The van der Waals surface area contributed by atoms with Crippen LogP contribution in [0.2, 0.25) is 0 Å². The molecule has 7 heteroatoms. The third-order valence-electron chi connectivity index (χ3n) is 5.54. The molecule has 1 aliphatic rings. The molecule has 2 heterocycles. The Balaban J connectivity index is 1.51. The highest BCUT2D eigenvalue weighted by atomic mass is 32.2. The van der Waals surface area contributed by atoms with Crippen molar-refractivity contribution in [1.82, 2.24) is 10.3 Å². The van der Waals surface area contributed by atoms with Crippen molar-refractivity contribution < 1.29 is 14.0 Å². The Bertz CT molecular complexity index is 1380. The van der Waals surface area contributed by atoms with Crippen LogP contribution >= 0.6 is 11.8 Å². The molecule has 4 aromatic rings. The van der Waals surface area contributed by atoms with Gasteiger partial charge in [0.1, 0.15) is 5.82 Å². The van der Waals surface area contributed by atoms with Crippen molar-refractivity contribution in [2.75, 3.05) is 4.90 Å². The number of hydrogen-bond acceptors (Lipinski definition) is 4. The summed E-state index contributed by atoms with van der Waals surface area (Å²) in [7, 11) is 0. The summed E-state index contributed by atoms with van der Waals surface area (Å²) in [6.45, 7) is 0.335. The van der Waals surface area contributed by atoms with Crippen LogP contribution in [0.1, 0.15) is 32.0 Å². The van der Waals surface area contributed by atoms with Crippen molar-refractivity contribution in [2.45, 2.75) is 22.9 Å². The van der Waals surface area contributed by atoms with Crippen LogP contribution in [-0.2, 0) is 13.1 Å². The van der Waals surface area contributed by atoms with Gasteiger partial charge in [-0.05, 0) is 48.5 Å². The Hall–Kier alpha value is -3.97. The molecule has 3 aromatic carbocycles. The molecular weight excluding hydrogens is 449 g/mol. The molecule has 1 aliphatic heterocycles. The zero-order chi connectivity index (χ0) is 23.5. The van der Waals surface area contributed by atoms with Gasteiger partial charge >= 0.3 is 0 Å². The zero-order valence-corrected chi connectivity index (χ0v) is 18.9. The summed E-state index contributed by atoms with van der Waals surface area (Å²) in [4.78, 5) is 33.9. The first kappa shape index (κ1) is 21.9. The molecule has 0 saturated carbocycles. The van der Waals surface area contributed by atoms with Crippen LogP contribution in [0.15, 0.2) is 101 Å². The van der Waals surface area contributed by atoms with Crippen LogP contribution in [0.5, 0.6) is 0 Å². The van der Waals surface area contributed by atoms with E-state index in [0.29, 0.717) is 22.4 Å². The Labute approximate surface area is 200 Å². The van der Waals surface area contributed by atoms with E-state index in [1.807, 2.05) is 42.5 Å². The van der Waals surface area contributed by atoms with Crippen molar-refractivity contribution in [3.8, 4) is 0 Å². The maximum absolute atomic E-state index is 14.5. The van der Waals surface area contributed by atoms with Gasteiger partial charge in [-0.25, -0.2) is 4.39 Å². The molecule has 0 spiro atoms. The van der Waals surface area contributed by atoms with Gasteiger partial charge in [-0.15, -0.1) is 0 Å². The molecular formula is C27H20FN3O2S. The fraction of sp³-hybridized carbons (Fsp3) is 0.0741. The van der Waals surface area contributed by atoms with Crippen molar-refractivity contribution in [1.29, 1.82) is 0 Å². The molecule has 1 N–H and O–H groups in total. The predicted octanol–water partition coefficient (Wildman–Crippen LogP) is 5.46. The Morgan fingerprint density at radius 3 is 2.56 bits per heavy atom. The summed E-state index contributed by atoms with van der Waals surface area (Å²) in [6, 6.07) is 24.5. The highest BCUT2D eigenvalue weighted by molar-refractivity contribution is 7.99. The average Bonchev–Trinajstić information content (AvgIpc) is 2.98. The molecule has 168 valence electrons. The van der Waals surface area contributed by atoms with Gasteiger partial charge in [0.25, 0.3) is 11.8 Å². The molecule has 0 atom stereocenters. The molecule has 0 bridgehead atoms. The minimum Gasteiger partial charge on any atom is -0.346 e. The molecule has 0 saturated heterocycles. The standard InChI is InChI=1S/C27H20FN3O2S/c28-22-10-3-1-7-19(22)17-31-23-15-18(26(32)30-16-20-8-5-6-14-29-20)12-13-25(23)34-24-11-4-2-9-21(24)27(31)33/h1-15H,16-17H2,(H,30,32). The second-order valence-electron chi connectivity index (χ2n) is 7.77. The fourth-order valence-electron chi connectivity index (χ4n) is 3.79. The number of amides is 2. The monoisotopic (exact) mass is 469 g/mol. The number of fused-ring (bicyclic) bond motifs is 2. The number of aromatic nitrogens is 1. The van der Waals surface area contributed by atoms with E-state index >= 15 is 0 Å². The average molecular weight is 470 g/mol. The number of anilines is 1. The minimum atomic E-state index is -0.383. The maximum atomic E-state index is 14.5. The normalized spacial score (nSPS) is 12.5. The van der Waals surface area contributed by atoms with Crippen molar-refractivity contribution >= 4 is 29.3 Å². The van der Waals surface area contributed by atoms with Crippen LogP contribution < -0.4 is 10.2 Å². The Morgan fingerprint density at radius 1 is 0.941 bits per heavy atom. The van der Waals surface area contributed by atoms with E-state index < -0.39 is 0 Å². The molecule has 5 nitrogen and oxygen atoms in total. The largest absolute Gasteiger partial charge is 0.346 e. The van der Waals surface area contributed by atoms with Crippen LogP contribution in [-0.4, -0.2) is 16.8 Å². The van der Waals surface area contributed by atoms with Crippen molar-refractivity contribution in [3.63, 3.8) is 0 Å². The SMILES string of the molecule is O=C(NCc1ccccn1)c1ccc2c(c1)N(Cc1ccccc1F)C(=O)c1ccccc1S2. The molecule has 2 amide bonds. The van der Waals surface area contributed by atoms with Crippen LogP contribution in [0, 0.1) is 5.82 Å². The number of nitrogens with one attached hydrogen (secondary N) is 1. The second-order valence-corrected chi connectivity index (χ2v) is 8.85. The highest BCUT2D eigenvalue weighted by Crippen LogP contribution is 2.42. The van der Waals surface area contributed by atoms with E-state index in [2.05, 4.69) is 10.3 Å². The molecule has 1 aromatic heterocycles. The van der Waals surface area contributed by atoms with E-state index in [4.69, 9.17) is 0 Å². The number of benzene rings is 3. The Morgan fingerprint density at radius 2 is 1.74 bits per heavy atom. The highest BCUT2D eigenvalue weighted by Gasteiger charge is 2.28. The first-order chi connectivity index (χ1) is 16.6. The van der Waals surface area contributed by atoms with E-state index in [-0.39, 0.29) is 30.7 Å². The van der Waals surface area contributed by atoms with Crippen LogP contribution in [0.25, 0.3) is 0 Å². The number of nitrogens with zero attached hydrogens (tertiary/aromatic N) is 2. The van der Waals surface area contributed by atoms with Gasteiger partial charge in [-0.2, -0.15) is 0 Å². The summed E-state index contributed by atoms with van der Waals surface area (Å²) in [5, 5.41) is 2.87. The van der Waals surface area contributed by atoms with Crippen LogP contribution in [0.4, 0.5) is 10.1 Å². The summed E-state index contributed by atoms with van der Waals surface area (Å²) in [5.74, 6) is -0.902. The third-order valence-corrected chi connectivity index (χ3v) is 6.68. The topological polar surface area (TPSA) is 62.3 Å². The maximum Gasteiger partial charge on any atom is 0.259 e. The van der Waals surface area contributed by atoms with Crippen molar-refractivity contribution in [2.24, 2.45) is 0 Å². The van der Waals surface area contributed by atoms with Gasteiger partial charge < -0.3 is 10.2 Å². The molecule has 0 unspecified atom stereocenters. The zero-order valence-electron chi connectivity index (χ0n) is 18.1. The third kappa shape index (κ3) is 4.43. The number of rotatable bonds is 5. The van der Waals surface area contributed by atoms with Gasteiger partial charge in [0, 0.05) is 27.1 Å². The predicted molar refractivity (Wildman–Crippen MR) is 129 cm³/mol. The first-order valence-corrected chi connectivity index (χ1v) is 11.6. The molecule has 0 aliphatic carbocycles. The summed E-state index contributed by atoms with van der Waals surface area (Å²) in [6.07, 6.45) is 1.67. The van der Waals surface area contributed by atoms with Gasteiger partial charge in [0.15, 0.2) is 0 Å². The molecule has 0 radical (unpaired) electrons. The van der Waals surface area contributed by atoms with Gasteiger partial charge in [-0.3, -0.25) is 14.6 Å². The number of halogens is 1. The lowest BCUT2D eigenvalue weighted by atomic mass is 10.1. The lowest BCUT2D eigenvalue weighted by Crippen LogP contribution is -2.31. The second kappa shape index (κ2) is 9.49. The lowest BCUT2D eigenvalue weighted by Gasteiger charge is -2.24. The molecule has 5 rings (SSSR count).